The van der Waals surface area contributed by atoms with E-state index in [-0.39, 0.29) is 5.97 Å². The predicted octanol–water partition coefficient (Wildman–Crippen LogP) is 2.47. The second kappa shape index (κ2) is 6.66. The minimum atomic E-state index is -0.405. The Morgan fingerprint density at radius 3 is 2.62 bits per heavy atom. The number of nitrogens with one attached hydrogen (secondary N) is 1. The van der Waals surface area contributed by atoms with Crippen LogP contribution in [-0.4, -0.2) is 48.2 Å². The van der Waals surface area contributed by atoms with Gasteiger partial charge in [0.05, 0.1) is 6.61 Å². The van der Waals surface area contributed by atoms with Crippen molar-refractivity contribution in [3.05, 3.63) is 0 Å². The third-order valence-electron chi connectivity index (χ3n) is 5.36. The lowest BCUT2D eigenvalue weighted by Gasteiger charge is -2.44. The fourth-order valence-corrected chi connectivity index (χ4v) is 4.10. The molecule has 0 spiro atoms. The zero-order chi connectivity index (χ0) is 14.7. The van der Waals surface area contributed by atoms with Gasteiger partial charge in [-0.1, -0.05) is 6.42 Å². The van der Waals surface area contributed by atoms with Crippen LogP contribution in [-0.2, 0) is 9.53 Å². The van der Waals surface area contributed by atoms with Crippen molar-refractivity contribution in [2.75, 3.05) is 19.7 Å². The molecule has 0 amide bonds. The first-order valence-corrected chi connectivity index (χ1v) is 8.92. The van der Waals surface area contributed by atoms with E-state index in [1.807, 2.05) is 6.92 Å². The summed E-state index contributed by atoms with van der Waals surface area (Å²) in [4.78, 5) is 15.2. The molecule has 120 valence electrons. The highest BCUT2D eigenvalue weighted by Gasteiger charge is 2.47. The number of rotatable bonds is 5. The Bertz CT molecular complexity index is 364. The first-order valence-electron chi connectivity index (χ1n) is 8.92. The maximum absolute atomic E-state index is 12.6. The predicted molar refractivity (Wildman–Crippen MR) is 83.2 cm³/mol. The number of ether oxygens (including phenoxy) is 1. The van der Waals surface area contributed by atoms with E-state index in [1.54, 1.807) is 0 Å². The van der Waals surface area contributed by atoms with E-state index in [4.69, 9.17) is 4.74 Å². The maximum Gasteiger partial charge on any atom is 0.326 e. The number of carbonyl (C=O) groups excluding carboxylic acids is 1. The normalized spacial score (nSPS) is 34.6. The number of piperidine rings is 1. The lowest BCUT2D eigenvalue weighted by Crippen LogP contribution is -2.60. The van der Waals surface area contributed by atoms with Gasteiger partial charge in [0.1, 0.15) is 5.54 Å². The molecular weight excluding hydrogens is 264 g/mol. The van der Waals surface area contributed by atoms with Crippen LogP contribution in [0, 0.1) is 0 Å². The third-order valence-corrected chi connectivity index (χ3v) is 5.36. The summed E-state index contributed by atoms with van der Waals surface area (Å²) < 4.78 is 5.43. The van der Waals surface area contributed by atoms with Crippen LogP contribution in [0.15, 0.2) is 0 Å². The van der Waals surface area contributed by atoms with Crippen molar-refractivity contribution in [3.63, 3.8) is 0 Å². The molecule has 0 aromatic carbocycles. The fraction of sp³-hybridized carbons (Fsp3) is 0.941. The fourth-order valence-electron chi connectivity index (χ4n) is 4.10. The van der Waals surface area contributed by atoms with Crippen molar-refractivity contribution in [1.29, 1.82) is 0 Å². The summed E-state index contributed by atoms with van der Waals surface area (Å²) in [5.41, 5.74) is -0.405. The number of esters is 1. The molecule has 0 radical (unpaired) electrons. The van der Waals surface area contributed by atoms with Gasteiger partial charge in [0, 0.05) is 12.1 Å². The summed E-state index contributed by atoms with van der Waals surface area (Å²) in [6, 6.07) is 1.12. The lowest BCUT2D eigenvalue weighted by atomic mass is 9.77. The second-order valence-electron chi connectivity index (χ2n) is 7.07. The molecular formula is C17H30N2O2. The average Bonchev–Trinajstić information content (AvgIpc) is 3.32. The highest BCUT2D eigenvalue weighted by Crippen LogP contribution is 2.36. The molecule has 0 bridgehead atoms. The Morgan fingerprint density at radius 2 is 1.95 bits per heavy atom. The topological polar surface area (TPSA) is 41.6 Å². The van der Waals surface area contributed by atoms with Crippen molar-refractivity contribution < 1.29 is 9.53 Å². The first-order chi connectivity index (χ1) is 10.2. The molecule has 2 aliphatic carbocycles. The highest BCUT2D eigenvalue weighted by molar-refractivity contribution is 5.81. The monoisotopic (exact) mass is 294 g/mol. The van der Waals surface area contributed by atoms with Gasteiger partial charge in [-0.3, -0.25) is 10.1 Å². The van der Waals surface area contributed by atoms with Crippen LogP contribution in [0.2, 0.25) is 0 Å². The minimum Gasteiger partial charge on any atom is -0.465 e. The Balaban J connectivity index is 1.69. The molecule has 3 rings (SSSR count). The number of hydrogen-bond donors (Lipinski definition) is 1. The molecule has 4 heteroatoms. The van der Waals surface area contributed by atoms with E-state index in [2.05, 4.69) is 10.2 Å². The van der Waals surface area contributed by atoms with E-state index in [0.29, 0.717) is 18.7 Å². The van der Waals surface area contributed by atoms with Crippen LogP contribution in [0.1, 0.15) is 64.7 Å². The zero-order valence-corrected chi connectivity index (χ0v) is 13.4. The molecule has 3 aliphatic rings. The van der Waals surface area contributed by atoms with Crippen molar-refractivity contribution >= 4 is 5.97 Å². The van der Waals surface area contributed by atoms with Crippen LogP contribution >= 0.6 is 0 Å². The van der Waals surface area contributed by atoms with Gasteiger partial charge in [-0.05, 0) is 71.4 Å². The van der Waals surface area contributed by atoms with Gasteiger partial charge in [-0.25, -0.2) is 0 Å². The van der Waals surface area contributed by atoms with E-state index >= 15 is 0 Å². The molecule has 1 saturated heterocycles. The van der Waals surface area contributed by atoms with Crippen molar-refractivity contribution in [1.82, 2.24) is 10.2 Å². The van der Waals surface area contributed by atoms with Gasteiger partial charge in [-0.15, -0.1) is 0 Å². The van der Waals surface area contributed by atoms with Gasteiger partial charge in [-0.2, -0.15) is 0 Å². The molecule has 2 saturated carbocycles. The quantitative estimate of drug-likeness (QED) is 0.791. The molecule has 1 aliphatic heterocycles. The molecule has 2 unspecified atom stereocenters. The van der Waals surface area contributed by atoms with Crippen LogP contribution in [0.5, 0.6) is 0 Å². The van der Waals surface area contributed by atoms with Crippen molar-refractivity contribution in [2.45, 2.75) is 82.3 Å². The SMILES string of the molecule is CCOC(=O)C1(NC2CC2)CCCC(N2CCCCC2)C1. The lowest BCUT2D eigenvalue weighted by molar-refractivity contribution is -0.154. The Hall–Kier alpha value is -0.610. The molecule has 4 nitrogen and oxygen atoms in total. The van der Waals surface area contributed by atoms with Crippen LogP contribution in [0.4, 0.5) is 0 Å². The number of carbonyl (C=O) groups is 1. The first kappa shape index (κ1) is 15.3. The summed E-state index contributed by atoms with van der Waals surface area (Å²) in [6.45, 7) is 4.83. The Morgan fingerprint density at radius 1 is 1.19 bits per heavy atom. The standard InChI is InChI=1S/C17H30N2O2/c1-2-21-16(20)17(18-14-8-9-14)10-6-7-15(13-17)19-11-4-3-5-12-19/h14-15,18H,2-13H2,1H3. The highest BCUT2D eigenvalue weighted by atomic mass is 16.5. The zero-order valence-electron chi connectivity index (χ0n) is 13.4. The molecule has 2 atom stereocenters. The summed E-state index contributed by atoms with van der Waals surface area (Å²) in [7, 11) is 0. The smallest absolute Gasteiger partial charge is 0.326 e. The van der Waals surface area contributed by atoms with Gasteiger partial charge in [0.25, 0.3) is 0 Å². The molecule has 1 N–H and O–H groups in total. The Kier molecular flexibility index (Phi) is 4.85. The van der Waals surface area contributed by atoms with Crippen LogP contribution in [0.25, 0.3) is 0 Å². The van der Waals surface area contributed by atoms with Gasteiger partial charge >= 0.3 is 5.97 Å². The van der Waals surface area contributed by atoms with Gasteiger partial charge < -0.3 is 9.64 Å². The molecule has 0 aromatic heterocycles. The van der Waals surface area contributed by atoms with E-state index in [9.17, 15) is 4.79 Å². The molecule has 0 aromatic rings. The largest absolute Gasteiger partial charge is 0.465 e. The summed E-state index contributed by atoms with van der Waals surface area (Å²) in [5, 5.41) is 3.66. The summed E-state index contributed by atoms with van der Waals surface area (Å²) >= 11 is 0. The van der Waals surface area contributed by atoms with Gasteiger partial charge in [0.15, 0.2) is 0 Å². The van der Waals surface area contributed by atoms with Gasteiger partial charge in [0.2, 0.25) is 0 Å². The van der Waals surface area contributed by atoms with Crippen molar-refractivity contribution in [3.8, 4) is 0 Å². The summed E-state index contributed by atoms with van der Waals surface area (Å²) in [6.07, 6.45) is 10.7. The average molecular weight is 294 g/mol. The van der Waals surface area contributed by atoms with Crippen LogP contribution in [0.3, 0.4) is 0 Å². The second-order valence-corrected chi connectivity index (χ2v) is 7.07. The van der Waals surface area contributed by atoms with E-state index in [0.717, 1.165) is 19.3 Å². The number of likely N-dealkylation sites (tertiary alicyclic amines) is 1. The molecule has 21 heavy (non-hydrogen) atoms. The minimum absolute atomic E-state index is 0.00129. The number of nitrogens with zero attached hydrogens (tertiary/aromatic N) is 1. The molecule has 1 heterocycles. The van der Waals surface area contributed by atoms with E-state index in [1.165, 1.54) is 51.6 Å². The third kappa shape index (κ3) is 3.59. The maximum atomic E-state index is 12.6. The number of hydrogen-bond acceptors (Lipinski definition) is 4. The molecule has 3 fully saturated rings. The Labute approximate surface area is 128 Å². The summed E-state index contributed by atoms with van der Waals surface area (Å²) in [5.74, 6) is -0.00129. The van der Waals surface area contributed by atoms with E-state index < -0.39 is 5.54 Å². The van der Waals surface area contributed by atoms with Crippen LogP contribution < -0.4 is 5.32 Å². The van der Waals surface area contributed by atoms with Crippen molar-refractivity contribution in [2.24, 2.45) is 0 Å².